The highest BCUT2D eigenvalue weighted by Crippen LogP contribution is 2.11. The van der Waals surface area contributed by atoms with Crippen LogP contribution in [0.1, 0.15) is 18.9 Å². The molecule has 0 unspecified atom stereocenters. The molecule has 104 valence electrons. The van der Waals surface area contributed by atoms with Crippen LogP contribution < -0.4 is 15.4 Å². The Kier molecular flexibility index (Phi) is 6.21. The third kappa shape index (κ3) is 6.30. The molecule has 0 bridgehead atoms. The van der Waals surface area contributed by atoms with Crippen LogP contribution in [0.25, 0.3) is 0 Å². The van der Waals surface area contributed by atoms with Gasteiger partial charge in [0.25, 0.3) is 0 Å². The number of amides is 2. The van der Waals surface area contributed by atoms with E-state index in [2.05, 4.69) is 10.6 Å². The van der Waals surface area contributed by atoms with Crippen molar-refractivity contribution in [1.82, 2.24) is 10.6 Å². The van der Waals surface area contributed by atoms with Crippen LogP contribution in [-0.2, 0) is 11.3 Å². The second-order valence-corrected chi connectivity index (χ2v) is 3.83. The van der Waals surface area contributed by atoms with Gasteiger partial charge in [-0.3, -0.25) is 4.79 Å². The number of rotatable bonds is 7. The molecule has 0 heterocycles. The van der Waals surface area contributed by atoms with Gasteiger partial charge in [-0.25, -0.2) is 4.79 Å². The number of carbonyl (C=O) groups is 2. The average Bonchev–Trinajstić information content (AvgIpc) is 2.38. The van der Waals surface area contributed by atoms with Crippen molar-refractivity contribution in [3.63, 3.8) is 0 Å². The lowest BCUT2D eigenvalue weighted by Gasteiger charge is -2.08. The monoisotopic (exact) mass is 266 g/mol. The van der Waals surface area contributed by atoms with Crippen molar-refractivity contribution >= 4 is 12.0 Å². The quantitative estimate of drug-likeness (QED) is 0.695. The van der Waals surface area contributed by atoms with E-state index >= 15 is 0 Å². The summed E-state index contributed by atoms with van der Waals surface area (Å²) in [5, 5.41) is 13.5. The fraction of sp³-hybridized carbons (Fsp3) is 0.385. The second kappa shape index (κ2) is 7.97. The van der Waals surface area contributed by atoms with E-state index in [1.165, 1.54) is 0 Å². The fourth-order valence-electron chi connectivity index (χ4n) is 1.40. The average molecular weight is 266 g/mol. The third-order valence-corrected chi connectivity index (χ3v) is 2.31. The molecule has 0 radical (unpaired) electrons. The van der Waals surface area contributed by atoms with E-state index in [1.54, 1.807) is 0 Å². The lowest BCUT2D eigenvalue weighted by molar-refractivity contribution is -0.136. The second-order valence-electron chi connectivity index (χ2n) is 3.83. The van der Waals surface area contributed by atoms with Gasteiger partial charge in [-0.2, -0.15) is 0 Å². The Balaban J connectivity index is 2.27. The van der Waals surface area contributed by atoms with E-state index in [9.17, 15) is 9.59 Å². The first-order valence-electron chi connectivity index (χ1n) is 6.07. The van der Waals surface area contributed by atoms with Gasteiger partial charge in [-0.05, 0) is 24.6 Å². The minimum absolute atomic E-state index is 0.0868. The van der Waals surface area contributed by atoms with Crippen molar-refractivity contribution < 1.29 is 19.4 Å². The molecule has 0 fully saturated rings. The lowest BCUT2D eigenvalue weighted by Crippen LogP contribution is -2.36. The number of carboxylic acids is 1. The normalized spacial score (nSPS) is 9.74. The summed E-state index contributed by atoms with van der Waals surface area (Å²) in [6.07, 6.45) is -0.0868. The molecule has 0 saturated heterocycles. The smallest absolute Gasteiger partial charge is 0.315 e. The molecule has 3 N–H and O–H groups in total. The molecule has 0 aromatic heterocycles. The van der Waals surface area contributed by atoms with Gasteiger partial charge >= 0.3 is 12.0 Å². The molecular weight excluding hydrogens is 248 g/mol. The Morgan fingerprint density at radius 3 is 2.47 bits per heavy atom. The topological polar surface area (TPSA) is 87.7 Å². The van der Waals surface area contributed by atoms with Crippen molar-refractivity contribution in [3.05, 3.63) is 29.8 Å². The zero-order valence-corrected chi connectivity index (χ0v) is 10.8. The molecule has 1 aromatic carbocycles. The van der Waals surface area contributed by atoms with Crippen LogP contribution in [0.15, 0.2) is 24.3 Å². The van der Waals surface area contributed by atoms with Crippen molar-refractivity contribution in [3.8, 4) is 5.75 Å². The van der Waals surface area contributed by atoms with Gasteiger partial charge in [-0.15, -0.1) is 0 Å². The van der Waals surface area contributed by atoms with Gasteiger partial charge in [0.15, 0.2) is 0 Å². The minimum atomic E-state index is -0.938. The molecule has 0 aliphatic rings. The number of hydrogen-bond donors (Lipinski definition) is 3. The lowest BCUT2D eigenvalue weighted by atomic mass is 10.2. The molecule has 0 saturated carbocycles. The van der Waals surface area contributed by atoms with Gasteiger partial charge in [0.05, 0.1) is 13.0 Å². The maximum atomic E-state index is 11.3. The summed E-state index contributed by atoms with van der Waals surface area (Å²) in [6, 6.07) is 7.02. The Morgan fingerprint density at radius 1 is 1.21 bits per heavy atom. The summed E-state index contributed by atoms with van der Waals surface area (Å²) in [7, 11) is 0. The van der Waals surface area contributed by atoms with Crippen molar-refractivity contribution in [2.75, 3.05) is 13.2 Å². The Hall–Kier alpha value is -2.24. The number of ether oxygens (including phenoxy) is 1. The van der Waals surface area contributed by atoms with Crippen LogP contribution in [0.5, 0.6) is 5.75 Å². The van der Waals surface area contributed by atoms with Gasteiger partial charge in [0.1, 0.15) is 5.75 Å². The van der Waals surface area contributed by atoms with E-state index in [1.807, 2.05) is 31.2 Å². The molecule has 2 amide bonds. The summed E-state index contributed by atoms with van der Waals surface area (Å²) in [6.45, 7) is 3.02. The van der Waals surface area contributed by atoms with Crippen molar-refractivity contribution in [2.45, 2.75) is 19.9 Å². The van der Waals surface area contributed by atoms with Crippen LogP contribution in [-0.4, -0.2) is 30.3 Å². The Morgan fingerprint density at radius 2 is 1.89 bits per heavy atom. The van der Waals surface area contributed by atoms with Crippen LogP contribution in [0.3, 0.4) is 0 Å². The van der Waals surface area contributed by atoms with Crippen molar-refractivity contribution in [1.29, 1.82) is 0 Å². The molecule has 6 heteroatoms. The number of carbonyl (C=O) groups excluding carboxylic acids is 1. The van der Waals surface area contributed by atoms with Gasteiger partial charge in [0, 0.05) is 13.1 Å². The standard InChI is InChI=1S/C13H18N2O4/c1-2-19-11-5-3-10(4-6-11)9-15-13(18)14-8-7-12(16)17/h3-6H,2,7-9H2,1H3,(H,16,17)(H2,14,15,18). The summed E-state index contributed by atoms with van der Waals surface area (Å²) in [5.41, 5.74) is 0.942. The molecule has 1 aromatic rings. The molecular formula is C13H18N2O4. The van der Waals surface area contributed by atoms with E-state index in [0.29, 0.717) is 13.2 Å². The highest BCUT2D eigenvalue weighted by molar-refractivity contribution is 5.74. The van der Waals surface area contributed by atoms with Gasteiger partial charge in [0.2, 0.25) is 0 Å². The maximum Gasteiger partial charge on any atom is 0.315 e. The molecule has 0 aliphatic heterocycles. The van der Waals surface area contributed by atoms with Crippen molar-refractivity contribution in [2.24, 2.45) is 0 Å². The van der Waals surface area contributed by atoms with E-state index in [0.717, 1.165) is 11.3 Å². The predicted molar refractivity (Wildman–Crippen MR) is 70.1 cm³/mol. The van der Waals surface area contributed by atoms with Gasteiger partial charge < -0.3 is 20.5 Å². The van der Waals surface area contributed by atoms with E-state index in [4.69, 9.17) is 9.84 Å². The molecule has 6 nitrogen and oxygen atoms in total. The number of hydrogen-bond acceptors (Lipinski definition) is 3. The Bertz CT molecular complexity index is 417. The number of carboxylic acid groups (broad SMARTS) is 1. The third-order valence-electron chi connectivity index (χ3n) is 2.31. The molecule has 1 rings (SSSR count). The zero-order valence-electron chi connectivity index (χ0n) is 10.8. The number of urea groups is 1. The number of benzene rings is 1. The largest absolute Gasteiger partial charge is 0.494 e. The molecule has 0 aliphatic carbocycles. The van der Waals surface area contributed by atoms with Crippen LogP contribution >= 0.6 is 0 Å². The highest BCUT2D eigenvalue weighted by atomic mass is 16.5. The summed E-state index contributed by atoms with van der Waals surface area (Å²) >= 11 is 0. The van der Waals surface area contributed by atoms with Crippen LogP contribution in [0.4, 0.5) is 4.79 Å². The zero-order chi connectivity index (χ0) is 14.1. The maximum absolute atomic E-state index is 11.3. The van der Waals surface area contributed by atoms with Crippen LogP contribution in [0, 0.1) is 0 Å². The van der Waals surface area contributed by atoms with E-state index in [-0.39, 0.29) is 19.0 Å². The summed E-state index contributed by atoms with van der Waals surface area (Å²) < 4.78 is 5.31. The van der Waals surface area contributed by atoms with E-state index < -0.39 is 5.97 Å². The summed E-state index contributed by atoms with van der Waals surface area (Å²) in [4.78, 5) is 21.6. The van der Waals surface area contributed by atoms with Gasteiger partial charge in [-0.1, -0.05) is 12.1 Å². The molecule has 0 spiro atoms. The number of aliphatic carboxylic acids is 1. The SMILES string of the molecule is CCOc1ccc(CNC(=O)NCCC(=O)O)cc1. The number of nitrogens with one attached hydrogen (secondary N) is 2. The van der Waals surface area contributed by atoms with Crippen LogP contribution in [0.2, 0.25) is 0 Å². The first-order valence-corrected chi connectivity index (χ1v) is 6.07. The summed E-state index contributed by atoms with van der Waals surface area (Å²) in [5.74, 6) is -0.149. The predicted octanol–water partition coefficient (Wildman–Crippen LogP) is 1.36. The molecule has 19 heavy (non-hydrogen) atoms. The minimum Gasteiger partial charge on any atom is -0.494 e. The first-order chi connectivity index (χ1) is 9.11. The first kappa shape index (κ1) is 14.8. The highest BCUT2D eigenvalue weighted by Gasteiger charge is 2.02. The Labute approximate surface area is 111 Å². The molecule has 0 atom stereocenters. The fourth-order valence-corrected chi connectivity index (χ4v) is 1.40.